The highest BCUT2D eigenvalue weighted by Crippen LogP contribution is 2.35. The van der Waals surface area contributed by atoms with Crippen LogP contribution in [0, 0.1) is 17.8 Å². The van der Waals surface area contributed by atoms with Crippen molar-refractivity contribution in [3.05, 3.63) is 0 Å². The molecule has 88 valence electrons. The predicted octanol–water partition coefficient (Wildman–Crippen LogP) is 3.75. The molecule has 2 aliphatic carbocycles. The fourth-order valence-electron chi connectivity index (χ4n) is 3.61. The summed E-state index contributed by atoms with van der Waals surface area (Å²) >= 11 is 0. The van der Waals surface area contributed by atoms with Crippen molar-refractivity contribution in [1.82, 2.24) is 0 Å². The van der Waals surface area contributed by atoms with Gasteiger partial charge < -0.3 is 5.11 Å². The maximum Gasteiger partial charge on any atom is 0.0571 e. The first kappa shape index (κ1) is 11.4. The van der Waals surface area contributed by atoms with Crippen LogP contribution in [-0.4, -0.2) is 11.2 Å². The molecule has 0 amide bonds. The van der Waals surface area contributed by atoms with Crippen molar-refractivity contribution in [1.29, 1.82) is 0 Å². The zero-order chi connectivity index (χ0) is 10.7. The second-order valence-corrected chi connectivity index (χ2v) is 5.99. The molecule has 1 N–H and O–H groups in total. The minimum absolute atomic E-state index is 0.0100. The van der Waals surface area contributed by atoms with Crippen LogP contribution in [0.2, 0.25) is 0 Å². The minimum atomic E-state index is 0.0100. The second kappa shape index (κ2) is 5.34. The van der Waals surface area contributed by atoms with E-state index in [1.807, 2.05) is 0 Å². The lowest BCUT2D eigenvalue weighted by Gasteiger charge is -2.31. The second-order valence-electron chi connectivity index (χ2n) is 5.99. The van der Waals surface area contributed by atoms with Crippen molar-refractivity contribution >= 4 is 0 Å². The van der Waals surface area contributed by atoms with Crippen molar-refractivity contribution in [2.45, 2.75) is 70.8 Å². The van der Waals surface area contributed by atoms with Crippen LogP contribution in [0.15, 0.2) is 0 Å². The number of hydrogen-bond donors (Lipinski definition) is 1. The molecule has 0 spiro atoms. The van der Waals surface area contributed by atoms with Crippen molar-refractivity contribution in [3.63, 3.8) is 0 Å². The van der Waals surface area contributed by atoms with Crippen LogP contribution >= 0.6 is 0 Å². The molecule has 1 nitrogen and oxygen atoms in total. The standard InChI is InChI=1S/C14H26O/c1-11-5-4-8-13(9-11)14(15)10-12-6-2-3-7-12/h11-15H,2-10H2,1H3. The number of aliphatic hydroxyl groups excluding tert-OH is 1. The average molecular weight is 210 g/mol. The summed E-state index contributed by atoms with van der Waals surface area (Å²) in [6, 6.07) is 0. The summed E-state index contributed by atoms with van der Waals surface area (Å²) in [5.41, 5.74) is 0. The summed E-state index contributed by atoms with van der Waals surface area (Å²) in [4.78, 5) is 0. The molecule has 15 heavy (non-hydrogen) atoms. The maximum absolute atomic E-state index is 10.3. The fourth-order valence-corrected chi connectivity index (χ4v) is 3.61. The summed E-state index contributed by atoms with van der Waals surface area (Å²) in [5.74, 6) is 2.31. The third kappa shape index (κ3) is 3.21. The van der Waals surface area contributed by atoms with Crippen LogP contribution in [0.1, 0.15) is 64.7 Å². The van der Waals surface area contributed by atoms with Crippen LogP contribution in [-0.2, 0) is 0 Å². The lowest BCUT2D eigenvalue weighted by atomic mass is 9.77. The SMILES string of the molecule is CC1CCCC(C(O)CC2CCCC2)C1. The Hall–Kier alpha value is -0.0400. The Kier molecular flexibility index (Phi) is 4.07. The maximum atomic E-state index is 10.3. The molecule has 0 aliphatic heterocycles. The Bertz CT molecular complexity index is 184. The summed E-state index contributed by atoms with van der Waals surface area (Å²) < 4.78 is 0. The van der Waals surface area contributed by atoms with Crippen molar-refractivity contribution < 1.29 is 5.11 Å². The molecule has 2 saturated carbocycles. The molecule has 2 rings (SSSR count). The Morgan fingerprint density at radius 2 is 1.80 bits per heavy atom. The van der Waals surface area contributed by atoms with Crippen molar-refractivity contribution in [2.24, 2.45) is 17.8 Å². The van der Waals surface area contributed by atoms with Gasteiger partial charge in [-0.15, -0.1) is 0 Å². The molecule has 0 bridgehead atoms. The van der Waals surface area contributed by atoms with E-state index < -0.39 is 0 Å². The van der Waals surface area contributed by atoms with Crippen LogP contribution in [0.5, 0.6) is 0 Å². The van der Waals surface area contributed by atoms with Gasteiger partial charge in [-0.2, -0.15) is 0 Å². The van der Waals surface area contributed by atoms with Gasteiger partial charge >= 0.3 is 0 Å². The molecular formula is C14H26O. The third-order valence-corrected chi connectivity index (χ3v) is 4.57. The molecular weight excluding hydrogens is 184 g/mol. The van der Waals surface area contributed by atoms with Crippen LogP contribution in [0.4, 0.5) is 0 Å². The van der Waals surface area contributed by atoms with E-state index in [-0.39, 0.29) is 6.10 Å². The molecule has 0 heterocycles. The fraction of sp³-hybridized carbons (Fsp3) is 1.00. The normalized spacial score (nSPS) is 35.6. The van der Waals surface area contributed by atoms with Crippen LogP contribution < -0.4 is 0 Å². The van der Waals surface area contributed by atoms with E-state index in [0.717, 1.165) is 18.3 Å². The van der Waals surface area contributed by atoms with Gasteiger partial charge in [0.1, 0.15) is 0 Å². The van der Waals surface area contributed by atoms with Crippen molar-refractivity contribution in [2.75, 3.05) is 0 Å². The van der Waals surface area contributed by atoms with Gasteiger partial charge in [-0.25, -0.2) is 0 Å². The van der Waals surface area contributed by atoms with Gasteiger partial charge in [-0.1, -0.05) is 45.4 Å². The van der Waals surface area contributed by atoms with Crippen molar-refractivity contribution in [3.8, 4) is 0 Å². The van der Waals surface area contributed by atoms with Gasteiger partial charge in [-0.3, -0.25) is 0 Å². The van der Waals surface area contributed by atoms with Gasteiger partial charge in [0.15, 0.2) is 0 Å². The summed E-state index contributed by atoms with van der Waals surface area (Å²) in [5, 5.41) is 10.3. The highest BCUT2D eigenvalue weighted by molar-refractivity contribution is 4.79. The van der Waals surface area contributed by atoms with Gasteiger partial charge in [-0.05, 0) is 37.0 Å². The highest BCUT2D eigenvalue weighted by atomic mass is 16.3. The lowest BCUT2D eigenvalue weighted by molar-refractivity contribution is 0.0519. The minimum Gasteiger partial charge on any atom is -0.393 e. The zero-order valence-electron chi connectivity index (χ0n) is 10.1. The van der Waals surface area contributed by atoms with Crippen LogP contribution in [0.25, 0.3) is 0 Å². The number of hydrogen-bond acceptors (Lipinski definition) is 1. The molecule has 0 radical (unpaired) electrons. The Balaban J connectivity index is 1.76. The first-order valence-corrected chi connectivity index (χ1v) is 6.93. The zero-order valence-corrected chi connectivity index (χ0v) is 10.1. The Labute approximate surface area is 94.3 Å². The van der Waals surface area contributed by atoms with E-state index in [1.165, 1.54) is 51.4 Å². The quantitative estimate of drug-likeness (QED) is 0.752. The van der Waals surface area contributed by atoms with Crippen LogP contribution in [0.3, 0.4) is 0 Å². The van der Waals surface area contributed by atoms with E-state index in [9.17, 15) is 5.11 Å². The molecule has 2 aliphatic rings. The van der Waals surface area contributed by atoms with Gasteiger partial charge in [0.25, 0.3) is 0 Å². The van der Waals surface area contributed by atoms with E-state index in [1.54, 1.807) is 0 Å². The topological polar surface area (TPSA) is 20.2 Å². The predicted molar refractivity (Wildman–Crippen MR) is 63.7 cm³/mol. The molecule has 3 unspecified atom stereocenters. The molecule has 0 saturated heterocycles. The van der Waals surface area contributed by atoms with Gasteiger partial charge in [0.2, 0.25) is 0 Å². The summed E-state index contributed by atoms with van der Waals surface area (Å²) in [7, 11) is 0. The molecule has 0 aromatic rings. The molecule has 0 aromatic carbocycles. The lowest BCUT2D eigenvalue weighted by Crippen LogP contribution is -2.27. The van der Waals surface area contributed by atoms with E-state index in [2.05, 4.69) is 6.92 Å². The summed E-state index contributed by atoms with van der Waals surface area (Å²) in [6.07, 6.45) is 11.9. The summed E-state index contributed by atoms with van der Waals surface area (Å²) in [6.45, 7) is 2.34. The Morgan fingerprint density at radius 3 is 2.47 bits per heavy atom. The average Bonchev–Trinajstić information content (AvgIpc) is 2.70. The van der Waals surface area contributed by atoms with Gasteiger partial charge in [0, 0.05) is 0 Å². The highest BCUT2D eigenvalue weighted by Gasteiger charge is 2.28. The largest absolute Gasteiger partial charge is 0.393 e. The van der Waals surface area contributed by atoms with E-state index >= 15 is 0 Å². The first-order valence-electron chi connectivity index (χ1n) is 6.93. The number of aliphatic hydroxyl groups is 1. The van der Waals surface area contributed by atoms with E-state index in [4.69, 9.17) is 0 Å². The molecule has 1 heteroatoms. The van der Waals surface area contributed by atoms with Gasteiger partial charge in [0.05, 0.1) is 6.10 Å². The molecule has 2 fully saturated rings. The molecule has 3 atom stereocenters. The van der Waals surface area contributed by atoms with E-state index in [0.29, 0.717) is 5.92 Å². The monoisotopic (exact) mass is 210 g/mol. The first-order chi connectivity index (χ1) is 7.25. The Morgan fingerprint density at radius 1 is 1.07 bits per heavy atom. The third-order valence-electron chi connectivity index (χ3n) is 4.57. The number of rotatable bonds is 3. The molecule has 0 aromatic heterocycles. The smallest absolute Gasteiger partial charge is 0.0571 e.